The van der Waals surface area contributed by atoms with Gasteiger partial charge in [0.05, 0.1) is 7.82 Å². The zero-order valence-corrected chi connectivity index (χ0v) is 7.84. The van der Waals surface area contributed by atoms with Gasteiger partial charge in [0.2, 0.25) is 0 Å². The molecule has 0 aromatic carbocycles. The second-order valence-electron chi connectivity index (χ2n) is 0.469. The summed E-state index contributed by atoms with van der Waals surface area (Å²) in [6.07, 6.45) is 0. The molecule has 0 amide bonds. The molecule has 0 saturated heterocycles. The zero-order valence-electron chi connectivity index (χ0n) is 5.94. The van der Waals surface area contributed by atoms with Gasteiger partial charge in [-0.2, -0.15) is 0 Å². The number of hydrogen-bond acceptors (Lipinski definition) is 5. The van der Waals surface area contributed by atoms with Gasteiger partial charge in [0.1, 0.15) is 0 Å². The molecule has 6 nitrogen and oxygen atoms in total. The fraction of sp³-hybridized carbons (Fsp3) is 0. The van der Waals surface area contributed by atoms with Gasteiger partial charge >= 0.3 is 31.0 Å². The molecule has 0 rings (SSSR count). The molecule has 7 N–H and O–H groups in total. The first-order chi connectivity index (χ1) is 2.00. The summed E-state index contributed by atoms with van der Waals surface area (Å²) in [5.41, 5.74) is 0. The van der Waals surface area contributed by atoms with Crippen LogP contribution in [0.5, 0.6) is 0 Å². The van der Waals surface area contributed by atoms with Crippen molar-refractivity contribution in [3.63, 3.8) is 0 Å². The number of phosphoric acid groups is 1. The Morgan fingerprint density at radius 3 is 1.33 bits per heavy atom. The van der Waals surface area contributed by atoms with Crippen LogP contribution in [0.2, 0.25) is 0 Å². The molecular formula is H9FN2NaO4P. The molecule has 9 heteroatoms. The standard InChI is InChI=1S/FH.2H3N.Na.H3O4P/c;;;;1-5(2,3)4/h1H;2*1H3;;(H3,1,2,3,4)/q;;;+1;/p-1. The van der Waals surface area contributed by atoms with Crippen molar-refractivity contribution in [2.24, 2.45) is 0 Å². The topological polar surface area (TPSA) is 153 Å². The van der Waals surface area contributed by atoms with E-state index in [9.17, 15) is 0 Å². The maximum atomic E-state index is 8.66. The summed E-state index contributed by atoms with van der Waals surface area (Å²) >= 11 is 0. The van der Waals surface area contributed by atoms with E-state index in [1.54, 1.807) is 0 Å². The molecule has 0 spiro atoms. The van der Waals surface area contributed by atoms with Crippen molar-refractivity contribution in [2.45, 2.75) is 0 Å². The van der Waals surface area contributed by atoms with Gasteiger partial charge in [0.25, 0.3) is 0 Å². The summed E-state index contributed by atoms with van der Waals surface area (Å²) in [6, 6.07) is 0. The third-order valence-corrected chi connectivity index (χ3v) is 0. The average molecular weight is 174 g/mol. The maximum Gasteiger partial charge on any atom is 1.00 e. The minimum absolute atomic E-state index is 0. The number of halogens is 1. The quantitative estimate of drug-likeness (QED) is 0.248. The summed E-state index contributed by atoms with van der Waals surface area (Å²) in [6.45, 7) is 0. The van der Waals surface area contributed by atoms with Gasteiger partial charge < -0.3 is 31.5 Å². The summed E-state index contributed by atoms with van der Waals surface area (Å²) in [7, 11) is -5.14. The van der Waals surface area contributed by atoms with E-state index in [1.165, 1.54) is 0 Å². The monoisotopic (exact) mass is 174 g/mol. The molecule has 56 valence electrons. The van der Waals surface area contributed by atoms with Crippen LogP contribution in [0.1, 0.15) is 1.43 Å². The minimum Gasteiger partial charge on any atom is -0.790 e. The van der Waals surface area contributed by atoms with Crippen LogP contribution in [0, 0.1) is 0 Å². The van der Waals surface area contributed by atoms with E-state index >= 15 is 0 Å². The van der Waals surface area contributed by atoms with Gasteiger partial charge in [0.15, 0.2) is 0 Å². The Balaban J connectivity index is -0.00000000800. The summed E-state index contributed by atoms with van der Waals surface area (Å²) in [5, 5.41) is 0. The number of rotatable bonds is 0. The second-order valence-corrected chi connectivity index (χ2v) is 1.41. The molecule has 0 bridgehead atoms. The van der Waals surface area contributed by atoms with Crippen molar-refractivity contribution in [3.05, 3.63) is 0 Å². The predicted octanol–water partition coefficient (Wildman–Crippen LogP) is -4.60. The van der Waals surface area contributed by atoms with Gasteiger partial charge in [-0.1, -0.05) is 0 Å². The third kappa shape index (κ3) is 471. The molecule has 0 unspecified atom stereocenters. The molecule has 0 fully saturated rings. The fourth-order valence-electron chi connectivity index (χ4n) is 0. The van der Waals surface area contributed by atoms with Crippen molar-refractivity contribution in [2.75, 3.05) is 0 Å². The number of hydrogen-bond donors (Lipinski definition) is 3. The van der Waals surface area contributed by atoms with Crippen LogP contribution in [-0.4, -0.2) is 4.89 Å². The SMILES string of the molecule is F.N.N.O=P([O-])([O-])O.[H+].[Na+]. The zero-order chi connectivity index (χ0) is 4.50. The summed E-state index contributed by atoms with van der Waals surface area (Å²) < 4.78 is 8.66. The Hall–Kier alpha value is 0.960. The van der Waals surface area contributed by atoms with E-state index in [0.29, 0.717) is 0 Å². The van der Waals surface area contributed by atoms with Crippen molar-refractivity contribution in [1.82, 2.24) is 12.3 Å². The Morgan fingerprint density at radius 2 is 1.33 bits per heavy atom. The third-order valence-electron chi connectivity index (χ3n) is 0. The van der Waals surface area contributed by atoms with Gasteiger partial charge in [-0.3, -0.25) is 4.70 Å². The molecule has 0 aliphatic carbocycles. The van der Waals surface area contributed by atoms with Gasteiger partial charge in [-0.05, 0) is 0 Å². The molecule has 0 heterocycles. The van der Waals surface area contributed by atoms with Crippen LogP contribution >= 0.6 is 7.82 Å². The van der Waals surface area contributed by atoms with Crippen LogP contribution in [0.25, 0.3) is 0 Å². The predicted molar refractivity (Wildman–Crippen MR) is 23.5 cm³/mol. The van der Waals surface area contributed by atoms with Crippen LogP contribution in [0.3, 0.4) is 0 Å². The Bertz CT molecular complexity index is 69.4. The molecule has 0 atom stereocenters. The van der Waals surface area contributed by atoms with E-state index < -0.39 is 7.82 Å². The molecule has 0 radical (unpaired) electrons. The first-order valence-corrected chi connectivity index (χ1v) is 2.24. The molecule has 0 aliphatic rings. The Kier molecular flexibility index (Phi) is 42.3. The minimum atomic E-state index is -5.14. The maximum absolute atomic E-state index is 8.66. The molecular weight excluding hydrogens is 165 g/mol. The van der Waals surface area contributed by atoms with E-state index in [0.717, 1.165) is 0 Å². The smallest absolute Gasteiger partial charge is 0.790 e. The van der Waals surface area contributed by atoms with Gasteiger partial charge in [0, 0.05) is 0 Å². The van der Waals surface area contributed by atoms with Crippen LogP contribution < -0.4 is 51.6 Å². The first kappa shape index (κ1) is 32.5. The fourth-order valence-corrected chi connectivity index (χ4v) is 0. The van der Waals surface area contributed by atoms with Crippen molar-refractivity contribution >= 4 is 7.82 Å². The van der Waals surface area contributed by atoms with Crippen molar-refractivity contribution in [3.8, 4) is 0 Å². The van der Waals surface area contributed by atoms with Crippen LogP contribution in [-0.2, 0) is 4.57 Å². The molecule has 0 aliphatic heterocycles. The summed E-state index contributed by atoms with van der Waals surface area (Å²) in [4.78, 5) is 24.3. The molecule has 0 aromatic heterocycles. The van der Waals surface area contributed by atoms with Crippen LogP contribution in [0.15, 0.2) is 0 Å². The largest absolute Gasteiger partial charge is 1.00 e. The second kappa shape index (κ2) is 11.7. The Morgan fingerprint density at radius 1 is 1.33 bits per heavy atom. The van der Waals surface area contributed by atoms with E-state index in [1.807, 2.05) is 0 Å². The first-order valence-electron chi connectivity index (χ1n) is 0.748. The van der Waals surface area contributed by atoms with Gasteiger partial charge in [-0.25, -0.2) is 0 Å². The molecule has 9 heavy (non-hydrogen) atoms. The van der Waals surface area contributed by atoms with E-state index in [4.69, 9.17) is 19.2 Å². The molecule has 0 aromatic rings. The van der Waals surface area contributed by atoms with E-state index in [-0.39, 0.29) is 48.0 Å². The van der Waals surface area contributed by atoms with Crippen molar-refractivity contribution < 1.29 is 54.9 Å². The Labute approximate surface area is 75.2 Å². The normalized spacial score (nSPS) is 6.56. The van der Waals surface area contributed by atoms with E-state index in [2.05, 4.69) is 0 Å². The summed E-state index contributed by atoms with van der Waals surface area (Å²) in [5.74, 6) is 0. The van der Waals surface area contributed by atoms with Crippen LogP contribution in [0.4, 0.5) is 4.70 Å². The average Bonchev–Trinajstić information content (AvgIpc) is 0.722. The molecule has 0 saturated carbocycles. The van der Waals surface area contributed by atoms with Gasteiger partial charge in [-0.15, -0.1) is 0 Å². The van der Waals surface area contributed by atoms with Crippen molar-refractivity contribution in [1.29, 1.82) is 0 Å².